The summed E-state index contributed by atoms with van der Waals surface area (Å²) in [4.78, 5) is 13.5. The molecule has 3 nitrogen and oxygen atoms in total. The van der Waals surface area contributed by atoms with Crippen molar-refractivity contribution in [2.45, 2.75) is 57.1 Å². The van der Waals surface area contributed by atoms with Gasteiger partial charge in [0.25, 0.3) is 5.24 Å². The average Bonchev–Trinajstić information content (AvgIpc) is 3.62. The van der Waals surface area contributed by atoms with Crippen molar-refractivity contribution in [2.24, 2.45) is 11.8 Å². The first-order chi connectivity index (χ1) is 16.4. The lowest BCUT2D eigenvalue weighted by atomic mass is 9.85. The van der Waals surface area contributed by atoms with Crippen LogP contribution < -0.4 is 0 Å². The first kappa shape index (κ1) is 26.6. The molecule has 0 spiro atoms. The van der Waals surface area contributed by atoms with Crippen LogP contribution in [-0.2, 0) is 22.3 Å². The fraction of sp³-hybridized carbons (Fsp3) is 0.560. The van der Waals surface area contributed by atoms with Gasteiger partial charge in [0, 0.05) is 30.6 Å². The number of hydrogen-bond acceptors (Lipinski definition) is 3. The Morgan fingerprint density at radius 2 is 1.89 bits per heavy atom. The minimum atomic E-state index is -4.47. The topological polar surface area (TPSA) is 29.5 Å². The summed E-state index contributed by atoms with van der Waals surface area (Å²) in [5, 5.41) is -0.630. The van der Waals surface area contributed by atoms with E-state index in [2.05, 4.69) is 0 Å². The van der Waals surface area contributed by atoms with E-state index in [1.54, 1.807) is 6.92 Å². The molecule has 35 heavy (non-hydrogen) atoms. The molecule has 0 N–H and O–H groups in total. The summed E-state index contributed by atoms with van der Waals surface area (Å²) in [5.41, 5.74) is -1.46. The van der Waals surface area contributed by atoms with Crippen LogP contribution in [0.1, 0.15) is 43.7 Å². The summed E-state index contributed by atoms with van der Waals surface area (Å²) in [6.45, 7) is 2.18. The summed E-state index contributed by atoms with van der Waals surface area (Å²) in [6, 6.07) is 3.19. The van der Waals surface area contributed by atoms with Crippen molar-refractivity contribution >= 4 is 28.4 Å². The van der Waals surface area contributed by atoms with Crippen LogP contribution in [-0.4, -0.2) is 41.6 Å². The molecule has 0 amide bonds. The Kier molecular flexibility index (Phi) is 7.68. The second-order valence-corrected chi connectivity index (χ2v) is 10.5. The van der Waals surface area contributed by atoms with Crippen LogP contribution in [0, 0.1) is 11.8 Å². The fourth-order valence-electron chi connectivity index (χ4n) is 4.75. The molecule has 1 saturated heterocycles. The summed E-state index contributed by atoms with van der Waals surface area (Å²) in [7, 11) is 0. The molecule has 2 aliphatic carbocycles. The molecule has 1 aromatic carbocycles. The predicted octanol–water partition coefficient (Wildman–Crippen LogP) is 7.02. The Morgan fingerprint density at radius 3 is 2.46 bits per heavy atom. The molecular weight excluding hydrogens is 512 g/mol. The molecular formula is C25H26Cl2F5NO2. The SMILES string of the molecule is CC1C(F)=C(C(=O)Cl)C=C(C2CC2)C1OCC1(F)CCN(Cc2cc(C(F)(F)F)ccc2Cl)CC1. The van der Waals surface area contributed by atoms with E-state index in [0.717, 1.165) is 30.5 Å². The lowest BCUT2D eigenvalue weighted by Crippen LogP contribution is -2.45. The zero-order valence-corrected chi connectivity index (χ0v) is 20.6. The minimum absolute atomic E-state index is 0.122. The smallest absolute Gasteiger partial charge is 0.370 e. The third-order valence-electron chi connectivity index (χ3n) is 7.05. The molecule has 2 unspecified atom stereocenters. The van der Waals surface area contributed by atoms with E-state index >= 15 is 4.39 Å². The summed E-state index contributed by atoms with van der Waals surface area (Å²) < 4.78 is 75.4. The number of allylic oxidation sites excluding steroid dienone is 2. The van der Waals surface area contributed by atoms with E-state index in [-0.39, 0.29) is 42.5 Å². The maximum absolute atomic E-state index is 15.6. The van der Waals surface area contributed by atoms with Gasteiger partial charge in [0.1, 0.15) is 11.5 Å². The second-order valence-electron chi connectivity index (χ2n) is 9.71. The van der Waals surface area contributed by atoms with Crippen molar-refractivity contribution in [1.29, 1.82) is 0 Å². The number of piperidine rings is 1. The van der Waals surface area contributed by atoms with E-state index in [1.807, 2.05) is 4.90 Å². The third kappa shape index (κ3) is 6.09. The molecule has 1 heterocycles. The number of rotatable bonds is 7. The molecule has 0 aromatic heterocycles. The third-order valence-corrected chi connectivity index (χ3v) is 7.62. The van der Waals surface area contributed by atoms with Gasteiger partial charge in [-0.3, -0.25) is 9.69 Å². The highest BCUT2D eigenvalue weighted by molar-refractivity contribution is 6.68. The van der Waals surface area contributed by atoms with Crippen LogP contribution in [0.5, 0.6) is 0 Å². The normalized spacial score (nSPS) is 25.5. The lowest BCUT2D eigenvalue weighted by molar-refractivity contribution is -0.137. The minimum Gasteiger partial charge on any atom is -0.370 e. The van der Waals surface area contributed by atoms with Gasteiger partial charge in [0.15, 0.2) is 0 Å². The summed E-state index contributed by atoms with van der Waals surface area (Å²) in [5.74, 6) is -1.23. The van der Waals surface area contributed by atoms with Crippen molar-refractivity contribution < 1.29 is 31.5 Å². The van der Waals surface area contributed by atoms with Crippen LogP contribution in [0.25, 0.3) is 0 Å². The molecule has 0 bridgehead atoms. The fourth-order valence-corrected chi connectivity index (χ4v) is 5.07. The van der Waals surface area contributed by atoms with Gasteiger partial charge < -0.3 is 4.74 Å². The van der Waals surface area contributed by atoms with Gasteiger partial charge in [-0.15, -0.1) is 0 Å². The number of ether oxygens (including phenoxy) is 1. The molecule has 10 heteroatoms. The van der Waals surface area contributed by atoms with Crippen LogP contribution in [0.4, 0.5) is 22.0 Å². The number of halogens is 7. The Morgan fingerprint density at radius 1 is 1.23 bits per heavy atom. The highest BCUT2D eigenvalue weighted by Gasteiger charge is 2.43. The predicted molar refractivity (Wildman–Crippen MR) is 124 cm³/mol. The van der Waals surface area contributed by atoms with Gasteiger partial charge in [0.2, 0.25) is 0 Å². The molecule has 2 atom stereocenters. The molecule has 4 rings (SSSR count). The van der Waals surface area contributed by atoms with E-state index in [0.29, 0.717) is 18.7 Å². The van der Waals surface area contributed by atoms with Gasteiger partial charge in [-0.1, -0.05) is 18.5 Å². The van der Waals surface area contributed by atoms with Gasteiger partial charge in [-0.25, -0.2) is 8.78 Å². The first-order valence-electron chi connectivity index (χ1n) is 11.6. The number of carbonyl (C=O) groups excluding carboxylic acids is 1. The highest BCUT2D eigenvalue weighted by Crippen LogP contribution is 2.46. The van der Waals surface area contributed by atoms with E-state index in [4.69, 9.17) is 27.9 Å². The van der Waals surface area contributed by atoms with Crippen LogP contribution >= 0.6 is 23.2 Å². The summed E-state index contributed by atoms with van der Waals surface area (Å²) >= 11 is 11.6. The van der Waals surface area contributed by atoms with Gasteiger partial charge >= 0.3 is 6.18 Å². The number of benzene rings is 1. The van der Waals surface area contributed by atoms with Crippen molar-refractivity contribution in [2.75, 3.05) is 19.7 Å². The Balaban J connectivity index is 1.37. The second kappa shape index (κ2) is 10.1. The zero-order valence-electron chi connectivity index (χ0n) is 19.1. The highest BCUT2D eigenvalue weighted by atomic mass is 35.5. The quantitative estimate of drug-likeness (QED) is 0.276. The standard InChI is InChI=1S/C25H26Cl2F5NO2/c1-14-21(28)19(23(27)34)11-18(15-2-3-15)22(14)35-13-24(29)6-8-33(9-7-24)12-16-10-17(25(30,31)32)4-5-20(16)26/h4-5,10-11,14-15,22H,2-3,6-9,12-13H2,1H3. The van der Waals surface area contributed by atoms with Gasteiger partial charge in [-0.2, -0.15) is 13.2 Å². The average molecular weight is 538 g/mol. The van der Waals surface area contributed by atoms with Crippen molar-refractivity contribution in [3.63, 3.8) is 0 Å². The number of likely N-dealkylation sites (tertiary alicyclic amines) is 1. The molecule has 1 aliphatic heterocycles. The van der Waals surface area contributed by atoms with Crippen LogP contribution in [0.3, 0.4) is 0 Å². The largest absolute Gasteiger partial charge is 0.416 e. The van der Waals surface area contributed by atoms with Crippen molar-refractivity contribution in [3.8, 4) is 0 Å². The molecule has 1 saturated carbocycles. The van der Waals surface area contributed by atoms with Crippen LogP contribution in [0.2, 0.25) is 5.02 Å². The van der Waals surface area contributed by atoms with Crippen molar-refractivity contribution in [1.82, 2.24) is 4.90 Å². The van der Waals surface area contributed by atoms with Crippen LogP contribution in [0.15, 0.2) is 41.2 Å². The molecule has 0 radical (unpaired) electrons. The molecule has 1 aromatic rings. The molecule has 3 aliphatic rings. The van der Waals surface area contributed by atoms with E-state index < -0.39 is 40.5 Å². The van der Waals surface area contributed by atoms with Crippen molar-refractivity contribution in [3.05, 3.63) is 57.4 Å². The monoisotopic (exact) mass is 537 g/mol. The molecule has 192 valence electrons. The summed E-state index contributed by atoms with van der Waals surface area (Å²) in [6.07, 6.45) is -1.64. The Labute approximate surface area is 210 Å². The van der Waals surface area contributed by atoms with E-state index in [1.165, 1.54) is 12.1 Å². The zero-order chi connectivity index (χ0) is 25.5. The van der Waals surface area contributed by atoms with Gasteiger partial charge in [-0.05, 0) is 78.6 Å². The number of carbonyl (C=O) groups is 1. The molecule has 2 fully saturated rings. The lowest BCUT2D eigenvalue weighted by Gasteiger charge is -2.38. The van der Waals surface area contributed by atoms with Gasteiger partial charge in [0.05, 0.1) is 23.8 Å². The maximum Gasteiger partial charge on any atom is 0.416 e. The first-order valence-corrected chi connectivity index (χ1v) is 12.3. The number of alkyl halides is 4. The Bertz CT molecular complexity index is 1040. The van der Waals surface area contributed by atoms with E-state index in [9.17, 15) is 22.4 Å². The maximum atomic E-state index is 15.6. The number of hydrogen-bond donors (Lipinski definition) is 0. The number of nitrogens with zero attached hydrogens (tertiary/aromatic N) is 1. The Hall–Kier alpha value is -1.48.